The molecule has 0 saturated carbocycles. The number of aliphatic carboxylic acids is 1. The molecule has 1 aromatic carbocycles. The van der Waals surface area contributed by atoms with Gasteiger partial charge in [0, 0.05) is 5.69 Å². The Morgan fingerprint density at radius 2 is 2.00 bits per heavy atom. The van der Waals surface area contributed by atoms with Crippen LogP contribution < -0.4 is 15.7 Å². The van der Waals surface area contributed by atoms with Gasteiger partial charge < -0.3 is 25.0 Å². The minimum atomic E-state index is -4.54. The fraction of sp³-hybridized carbons (Fsp3) is 0.250. The molecule has 0 unspecified atom stereocenters. The lowest BCUT2D eigenvalue weighted by Crippen LogP contribution is -2.92. The molecular formula is C16H15F3N2O4. The van der Waals surface area contributed by atoms with E-state index < -0.39 is 36.1 Å². The largest absolute Gasteiger partial charge is 0.544 e. The Morgan fingerprint density at radius 1 is 1.24 bits per heavy atom. The van der Waals surface area contributed by atoms with Crippen molar-refractivity contribution >= 4 is 17.6 Å². The molecule has 134 valence electrons. The third-order valence-corrected chi connectivity index (χ3v) is 3.37. The smallest absolute Gasteiger partial charge is 0.416 e. The van der Waals surface area contributed by atoms with Crippen LogP contribution in [0.25, 0.3) is 0 Å². The highest BCUT2D eigenvalue weighted by Gasteiger charge is 2.30. The van der Waals surface area contributed by atoms with Crippen molar-refractivity contribution in [2.75, 3.05) is 5.32 Å². The quantitative estimate of drug-likeness (QED) is 0.755. The first-order chi connectivity index (χ1) is 11.8. The van der Waals surface area contributed by atoms with Crippen LogP contribution in [0, 0.1) is 0 Å². The van der Waals surface area contributed by atoms with E-state index in [1.807, 2.05) is 0 Å². The molecule has 0 radical (unpaired) electrons. The molecule has 1 heterocycles. The number of alkyl halides is 3. The molecule has 2 aromatic rings. The van der Waals surface area contributed by atoms with Crippen LogP contribution in [-0.2, 0) is 22.3 Å². The average molecular weight is 356 g/mol. The summed E-state index contributed by atoms with van der Waals surface area (Å²) in [7, 11) is 0. The molecule has 1 aromatic heterocycles. The standard InChI is InChI=1S/C16H15F3N2O4/c17-16(18,19)10-3-1-4-11(7-10)21-14(22)8-13(15(23)24)20-9-12-5-2-6-25-12/h1-7,13,20H,8-9H2,(H,21,22)(H,23,24)/t13-/m1/s1. The highest BCUT2D eigenvalue weighted by molar-refractivity contribution is 5.93. The number of anilines is 1. The summed E-state index contributed by atoms with van der Waals surface area (Å²) in [4.78, 5) is 23.1. The fourth-order valence-corrected chi connectivity index (χ4v) is 2.14. The lowest BCUT2D eigenvalue weighted by Gasteiger charge is -2.16. The minimum Gasteiger partial charge on any atom is -0.544 e. The zero-order valence-electron chi connectivity index (χ0n) is 12.9. The summed E-state index contributed by atoms with van der Waals surface area (Å²) in [6, 6.07) is 6.17. The number of quaternary nitrogens is 1. The minimum absolute atomic E-state index is 0.0667. The van der Waals surface area contributed by atoms with Crippen LogP contribution in [0.15, 0.2) is 47.1 Å². The van der Waals surface area contributed by atoms with Crippen LogP contribution in [0.4, 0.5) is 18.9 Å². The van der Waals surface area contributed by atoms with Crippen LogP contribution in [0.1, 0.15) is 17.7 Å². The Bertz CT molecular complexity index is 729. The van der Waals surface area contributed by atoms with Crippen molar-refractivity contribution in [3.63, 3.8) is 0 Å². The summed E-state index contributed by atoms with van der Waals surface area (Å²) >= 11 is 0. The first-order valence-electron chi connectivity index (χ1n) is 7.29. The Hall–Kier alpha value is -2.81. The predicted octanol–water partition coefficient (Wildman–Crippen LogP) is 0.509. The van der Waals surface area contributed by atoms with Gasteiger partial charge in [0.05, 0.1) is 24.2 Å². The summed E-state index contributed by atoms with van der Waals surface area (Å²) in [5.74, 6) is -1.67. The van der Waals surface area contributed by atoms with Gasteiger partial charge in [-0.25, -0.2) is 0 Å². The molecule has 0 aliphatic heterocycles. The number of carbonyl (C=O) groups excluding carboxylic acids is 2. The van der Waals surface area contributed by atoms with Crippen molar-refractivity contribution < 1.29 is 37.6 Å². The maximum atomic E-state index is 12.6. The highest BCUT2D eigenvalue weighted by Crippen LogP contribution is 2.30. The maximum Gasteiger partial charge on any atom is 0.416 e. The number of carboxylic acids is 1. The Labute approximate surface area is 140 Å². The van der Waals surface area contributed by atoms with Crippen LogP contribution in [0.2, 0.25) is 0 Å². The second-order valence-corrected chi connectivity index (χ2v) is 5.28. The van der Waals surface area contributed by atoms with Gasteiger partial charge in [0.15, 0.2) is 5.76 Å². The van der Waals surface area contributed by atoms with Gasteiger partial charge >= 0.3 is 6.18 Å². The van der Waals surface area contributed by atoms with Crippen molar-refractivity contribution in [2.45, 2.75) is 25.2 Å². The number of hydrogen-bond acceptors (Lipinski definition) is 4. The summed E-state index contributed by atoms with van der Waals surface area (Å²) in [6.07, 6.45) is -3.57. The molecule has 0 saturated heterocycles. The van der Waals surface area contributed by atoms with E-state index in [0.717, 1.165) is 18.2 Å². The van der Waals surface area contributed by atoms with E-state index in [4.69, 9.17) is 4.42 Å². The number of halogens is 3. The number of rotatable bonds is 7. The summed E-state index contributed by atoms with van der Waals surface area (Å²) < 4.78 is 43.0. The molecule has 9 heteroatoms. The monoisotopic (exact) mass is 356 g/mol. The predicted molar refractivity (Wildman–Crippen MR) is 77.8 cm³/mol. The molecule has 1 atom stereocenters. The molecule has 0 aliphatic carbocycles. The third-order valence-electron chi connectivity index (χ3n) is 3.37. The normalized spacial score (nSPS) is 12.6. The van der Waals surface area contributed by atoms with Gasteiger partial charge in [0.1, 0.15) is 12.6 Å². The number of carboxylic acid groups (broad SMARTS) is 1. The molecule has 3 N–H and O–H groups in total. The summed E-state index contributed by atoms with van der Waals surface area (Å²) in [6.45, 7) is 0.183. The van der Waals surface area contributed by atoms with E-state index >= 15 is 0 Å². The molecule has 1 amide bonds. The summed E-state index contributed by atoms with van der Waals surface area (Å²) in [5, 5.41) is 14.7. The van der Waals surface area contributed by atoms with Gasteiger partial charge in [0.2, 0.25) is 5.91 Å². The number of hydrogen-bond donors (Lipinski definition) is 2. The lowest BCUT2D eigenvalue weighted by molar-refractivity contribution is -0.698. The van der Waals surface area contributed by atoms with E-state index in [-0.39, 0.29) is 12.2 Å². The van der Waals surface area contributed by atoms with E-state index in [2.05, 4.69) is 5.32 Å². The Morgan fingerprint density at radius 3 is 2.60 bits per heavy atom. The van der Waals surface area contributed by atoms with Gasteiger partial charge in [-0.3, -0.25) is 4.79 Å². The average Bonchev–Trinajstić information content (AvgIpc) is 3.04. The molecule has 2 rings (SSSR count). The summed E-state index contributed by atoms with van der Waals surface area (Å²) in [5.41, 5.74) is -0.978. The van der Waals surface area contributed by atoms with Crippen molar-refractivity contribution in [1.29, 1.82) is 0 Å². The molecule has 0 bridgehead atoms. The lowest BCUT2D eigenvalue weighted by atomic mass is 10.1. The van der Waals surface area contributed by atoms with Gasteiger partial charge in [-0.15, -0.1) is 0 Å². The molecular weight excluding hydrogens is 341 g/mol. The molecule has 0 spiro atoms. The zero-order valence-corrected chi connectivity index (χ0v) is 12.9. The number of furan rings is 1. The second-order valence-electron chi connectivity index (χ2n) is 5.28. The Kier molecular flexibility index (Phi) is 5.81. The number of nitrogens with two attached hydrogens (primary N) is 1. The molecule has 0 aliphatic rings. The van der Waals surface area contributed by atoms with Crippen LogP contribution in [-0.4, -0.2) is 17.9 Å². The van der Waals surface area contributed by atoms with Crippen molar-refractivity contribution in [2.24, 2.45) is 0 Å². The maximum absolute atomic E-state index is 12.6. The van der Waals surface area contributed by atoms with Gasteiger partial charge in [0.25, 0.3) is 0 Å². The molecule has 6 nitrogen and oxygen atoms in total. The van der Waals surface area contributed by atoms with Gasteiger partial charge in [-0.1, -0.05) is 6.07 Å². The van der Waals surface area contributed by atoms with E-state index in [1.54, 1.807) is 12.1 Å². The van der Waals surface area contributed by atoms with E-state index in [0.29, 0.717) is 5.76 Å². The zero-order chi connectivity index (χ0) is 18.4. The third kappa shape index (κ3) is 5.64. The number of nitrogens with one attached hydrogen (secondary N) is 1. The first kappa shape index (κ1) is 18.5. The van der Waals surface area contributed by atoms with Crippen LogP contribution in [0.5, 0.6) is 0 Å². The SMILES string of the molecule is O=C(C[C@@H]([NH2+]Cc1ccco1)C(=O)[O-])Nc1cccc(C(F)(F)F)c1. The molecule has 25 heavy (non-hydrogen) atoms. The van der Waals surface area contributed by atoms with Gasteiger partial charge in [-0.2, -0.15) is 13.2 Å². The number of amides is 1. The second kappa shape index (κ2) is 7.84. The van der Waals surface area contributed by atoms with E-state index in [9.17, 15) is 27.9 Å². The number of carbonyl (C=O) groups is 2. The highest BCUT2D eigenvalue weighted by atomic mass is 19.4. The first-order valence-corrected chi connectivity index (χ1v) is 7.29. The van der Waals surface area contributed by atoms with E-state index in [1.165, 1.54) is 17.6 Å². The van der Waals surface area contributed by atoms with Crippen LogP contribution >= 0.6 is 0 Å². The molecule has 0 fully saturated rings. The van der Waals surface area contributed by atoms with Crippen molar-refractivity contribution in [3.8, 4) is 0 Å². The van der Waals surface area contributed by atoms with Crippen molar-refractivity contribution in [3.05, 3.63) is 54.0 Å². The Balaban J connectivity index is 1.96. The van der Waals surface area contributed by atoms with Crippen LogP contribution in [0.3, 0.4) is 0 Å². The fourth-order valence-electron chi connectivity index (χ4n) is 2.14. The topological polar surface area (TPSA) is 99.0 Å². The van der Waals surface area contributed by atoms with Gasteiger partial charge in [-0.05, 0) is 30.3 Å². The number of benzene rings is 1. The van der Waals surface area contributed by atoms with Crippen molar-refractivity contribution in [1.82, 2.24) is 0 Å².